The molecule has 2 aliphatic rings. The van der Waals surface area contributed by atoms with E-state index in [2.05, 4.69) is 21.9 Å². The molecule has 0 bridgehead atoms. The van der Waals surface area contributed by atoms with Crippen LogP contribution >= 0.6 is 0 Å². The van der Waals surface area contributed by atoms with Crippen molar-refractivity contribution in [3.63, 3.8) is 0 Å². The number of morpholine rings is 1. The fourth-order valence-electron chi connectivity index (χ4n) is 4.15. The Bertz CT molecular complexity index is 788. The van der Waals surface area contributed by atoms with E-state index in [4.69, 9.17) is 10.00 Å². The molecule has 1 aromatic carbocycles. The van der Waals surface area contributed by atoms with E-state index in [1.807, 2.05) is 30.9 Å². The van der Waals surface area contributed by atoms with Gasteiger partial charge in [0.05, 0.1) is 38.8 Å². The van der Waals surface area contributed by atoms with Crippen LogP contribution in [0.4, 0.5) is 5.69 Å². The van der Waals surface area contributed by atoms with E-state index in [1.165, 1.54) is 0 Å². The molecule has 0 aromatic heterocycles. The minimum Gasteiger partial charge on any atom is -0.378 e. The molecule has 0 aliphatic carbocycles. The highest BCUT2D eigenvalue weighted by molar-refractivity contribution is 5.95. The second kappa shape index (κ2) is 11.2. The molecule has 1 aromatic rings. The molecule has 2 fully saturated rings. The number of amides is 2. The molecule has 2 aliphatic heterocycles. The molecule has 0 spiro atoms. The van der Waals surface area contributed by atoms with Gasteiger partial charge in [0, 0.05) is 51.5 Å². The van der Waals surface area contributed by atoms with Gasteiger partial charge >= 0.3 is 0 Å². The van der Waals surface area contributed by atoms with Gasteiger partial charge in [0.15, 0.2) is 0 Å². The summed E-state index contributed by atoms with van der Waals surface area (Å²) in [6, 6.07) is 8.22. The van der Waals surface area contributed by atoms with Crippen molar-refractivity contribution >= 4 is 17.5 Å². The van der Waals surface area contributed by atoms with Crippen molar-refractivity contribution in [2.45, 2.75) is 20.3 Å². The minimum absolute atomic E-state index is 0.0121. The summed E-state index contributed by atoms with van der Waals surface area (Å²) in [5.74, 6) is 0.170. The number of carbonyl (C=O) groups excluding carboxylic acids is 2. The summed E-state index contributed by atoms with van der Waals surface area (Å²) in [6.07, 6.45) is 0.302. The first-order valence-electron chi connectivity index (χ1n) is 11.0. The number of benzene rings is 1. The van der Waals surface area contributed by atoms with E-state index in [-0.39, 0.29) is 11.8 Å². The van der Waals surface area contributed by atoms with E-state index < -0.39 is 0 Å². The Hall–Kier alpha value is -2.47. The maximum Gasteiger partial charge on any atom is 0.241 e. The van der Waals surface area contributed by atoms with E-state index >= 15 is 0 Å². The fourth-order valence-corrected chi connectivity index (χ4v) is 4.15. The normalized spacial score (nSPS) is 17.9. The Kier molecular flexibility index (Phi) is 8.41. The third-order valence-electron chi connectivity index (χ3n) is 5.81. The molecular formula is C23H33N5O3. The second-order valence-corrected chi connectivity index (χ2v) is 8.34. The maximum atomic E-state index is 13.1. The van der Waals surface area contributed by atoms with Gasteiger partial charge in [-0.05, 0) is 37.1 Å². The van der Waals surface area contributed by atoms with E-state index in [0.717, 1.165) is 43.0 Å². The molecule has 31 heavy (non-hydrogen) atoms. The molecule has 3 rings (SSSR count). The van der Waals surface area contributed by atoms with Gasteiger partial charge in [0.25, 0.3) is 0 Å². The summed E-state index contributed by atoms with van der Waals surface area (Å²) in [5, 5.41) is 9.03. The molecule has 2 amide bonds. The monoisotopic (exact) mass is 427 g/mol. The van der Waals surface area contributed by atoms with Crippen LogP contribution in [-0.2, 0) is 14.3 Å². The topological polar surface area (TPSA) is 80.1 Å². The highest BCUT2D eigenvalue weighted by Gasteiger charge is 2.25. The van der Waals surface area contributed by atoms with Crippen molar-refractivity contribution in [2.24, 2.45) is 0 Å². The van der Waals surface area contributed by atoms with Crippen molar-refractivity contribution < 1.29 is 14.3 Å². The molecule has 0 atom stereocenters. The third-order valence-corrected chi connectivity index (χ3v) is 5.81. The van der Waals surface area contributed by atoms with E-state index in [0.29, 0.717) is 52.4 Å². The first kappa shape index (κ1) is 23.2. The van der Waals surface area contributed by atoms with Crippen molar-refractivity contribution in [1.29, 1.82) is 5.26 Å². The zero-order valence-corrected chi connectivity index (χ0v) is 18.7. The van der Waals surface area contributed by atoms with Crippen LogP contribution in [-0.4, -0.2) is 98.6 Å². The van der Waals surface area contributed by atoms with Crippen molar-refractivity contribution in [1.82, 2.24) is 14.7 Å². The van der Waals surface area contributed by atoms with Gasteiger partial charge in [-0.1, -0.05) is 6.07 Å². The van der Waals surface area contributed by atoms with Crippen molar-refractivity contribution in [2.75, 3.05) is 77.0 Å². The number of carbonyl (C=O) groups is 2. The predicted octanol–water partition coefficient (Wildman–Crippen LogP) is 1.03. The summed E-state index contributed by atoms with van der Waals surface area (Å²) >= 11 is 0. The molecular weight excluding hydrogens is 394 g/mol. The number of rotatable bonds is 7. The number of nitrogens with zero attached hydrogens (tertiary/aromatic N) is 5. The van der Waals surface area contributed by atoms with Gasteiger partial charge < -0.3 is 14.5 Å². The Morgan fingerprint density at radius 3 is 2.13 bits per heavy atom. The van der Waals surface area contributed by atoms with Crippen LogP contribution in [0.15, 0.2) is 18.2 Å². The van der Waals surface area contributed by atoms with Gasteiger partial charge in [-0.15, -0.1) is 0 Å². The number of piperazine rings is 1. The molecule has 2 saturated heterocycles. The lowest BCUT2D eigenvalue weighted by atomic mass is 10.1. The number of aryl methyl sites for hydroxylation is 2. The van der Waals surface area contributed by atoms with Crippen molar-refractivity contribution in [3.8, 4) is 6.07 Å². The predicted molar refractivity (Wildman–Crippen MR) is 119 cm³/mol. The molecule has 0 radical (unpaired) electrons. The lowest BCUT2D eigenvalue weighted by Crippen LogP contribution is -2.53. The lowest BCUT2D eigenvalue weighted by Gasteiger charge is -2.36. The van der Waals surface area contributed by atoms with E-state index in [1.54, 1.807) is 4.90 Å². The lowest BCUT2D eigenvalue weighted by molar-refractivity contribution is -0.137. The Morgan fingerprint density at radius 1 is 0.968 bits per heavy atom. The summed E-state index contributed by atoms with van der Waals surface area (Å²) in [5.41, 5.74) is 3.05. The number of ether oxygens (including phenoxy) is 1. The van der Waals surface area contributed by atoms with Crippen molar-refractivity contribution in [3.05, 3.63) is 29.3 Å². The average Bonchev–Trinajstić information content (AvgIpc) is 2.75. The van der Waals surface area contributed by atoms with Gasteiger partial charge in [-0.2, -0.15) is 5.26 Å². The molecule has 0 N–H and O–H groups in total. The quantitative estimate of drug-likeness (QED) is 0.647. The van der Waals surface area contributed by atoms with Gasteiger partial charge in [0.2, 0.25) is 11.8 Å². The number of hydrogen-bond donors (Lipinski definition) is 0. The van der Waals surface area contributed by atoms with Crippen LogP contribution in [0.1, 0.15) is 17.5 Å². The summed E-state index contributed by atoms with van der Waals surface area (Å²) in [7, 11) is 0. The Morgan fingerprint density at radius 2 is 1.55 bits per heavy atom. The smallest absolute Gasteiger partial charge is 0.241 e. The summed E-state index contributed by atoms with van der Waals surface area (Å²) < 4.78 is 5.31. The van der Waals surface area contributed by atoms with Crippen LogP contribution in [0.2, 0.25) is 0 Å². The van der Waals surface area contributed by atoms with Gasteiger partial charge in [-0.25, -0.2) is 0 Å². The average molecular weight is 428 g/mol. The highest BCUT2D eigenvalue weighted by atomic mass is 16.5. The minimum atomic E-state index is 0.0121. The first-order chi connectivity index (χ1) is 15.0. The SMILES string of the molecule is Cc1cc(C)cc(N(CCC#N)C(=O)CN2CCN(CC(=O)N3CCOCC3)CC2)c1. The standard InChI is InChI=1S/C23H33N5O3/c1-19-14-20(2)16-21(15-19)28(5-3-4-24)23(30)18-26-8-6-25(7-9-26)17-22(29)27-10-12-31-13-11-27/h14-16H,3,5-13,17-18H2,1-2H3. The van der Waals surface area contributed by atoms with Crippen LogP contribution in [0.25, 0.3) is 0 Å². The molecule has 8 nitrogen and oxygen atoms in total. The second-order valence-electron chi connectivity index (χ2n) is 8.34. The zero-order valence-electron chi connectivity index (χ0n) is 18.7. The van der Waals surface area contributed by atoms with Crippen LogP contribution < -0.4 is 4.90 Å². The Labute approximate surface area is 184 Å². The fraction of sp³-hybridized carbons (Fsp3) is 0.609. The molecule has 0 saturated carbocycles. The summed E-state index contributed by atoms with van der Waals surface area (Å²) in [4.78, 5) is 33.5. The Balaban J connectivity index is 1.52. The van der Waals surface area contributed by atoms with Gasteiger partial charge in [0.1, 0.15) is 0 Å². The van der Waals surface area contributed by atoms with E-state index in [9.17, 15) is 9.59 Å². The number of hydrogen-bond acceptors (Lipinski definition) is 6. The van der Waals surface area contributed by atoms with Crippen LogP contribution in [0.5, 0.6) is 0 Å². The maximum absolute atomic E-state index is 13.1. The number of anilines is 1. The third kappa shape index (κ3) is 6.76. The number of nitriles is 1. The largest absolute Gasteiger partial charge is 0.378 e. The highest BCUT2D eigenvalue weighted by Crippen LogP contribution is 2.20. The van der Waals surface area contributed by atoms with Crippen LogP contribution in [0.3, 0.4) is 0 Å². The summed E-state index contributed by atoms with van der Waals surface area (Å²) in [6.45, 7) is 10.8. The molecule has 0 unspecified atom stereocenters. The molecule has 2 heterocycles. The van der Waals surface area contributed by atoms with Crippen LogP contribution in [0, 0.1) is 25.2 Å². The molecule has 168 valence electrons. The molecule has 8 heteroatoms. The zero-order chi connectivity index (χ0) is 22.2. The van der Waals surface area contributed by atoms with Gasteiger partial charge in [-0.3, -0.25) is 19.4 Å². The first-order valence-corrected chi connectivity index (χ1v) is 11.0.